The Balaban J connectivity index is 2.41. The van der Waals surface area contributed by atoms with Gasteiger partial charge in [0, 0.05) is 11.6 Å². The predicted octanol–water partition coefficient (Wildman–Crippen LogP) is 2.80. The SMILES string of the molecule is CC(C)(C)Cc1ccc2nc(N)ncc2c1. The molecule has 0 spiro atoms. The van der Waals surface area contributed by atoms with Crippen molar-refractivity contribution < 1.29 is 0 Å². The zero-order valence-electron chi connectivity index (χ0n) is 9.99. The van der Waals surface area contributed by atoms with Crippen molar-refractivity contribution in [1.82, 2.24) is 9.97 Å². The van der Waals surface area contributed by atoms with E-state index in [1.807, 2.05) is 6.07 Å². The third-order valence-electron chi connectivity index (χ3n) is 2.40. The van der Waals surface area contributed by atoms with Gasteiger partial charge in [0.15, 0.2) is 0 Å². The average molecular weight is 215 g/mol. The van der Waals surface area contributed by atoms with E-state index in [2.05, 4.69) is 42.9 Å². The first-order chi connectivity index (χ1) is 7.44. The Bertz CT molecular complexity index is 512. The molecule has 2 N–H and O–H groups in total. The molecule has 0 radical (unpaired) electrons. The maximum absolute atomic E-state index is 5.54. The highest BCUT2D eigenvalue weighted by atomic mass is 15.0. The number of nitrogens with two attached hydrogens (primary N) is 1. The molecule has 0 saturated heterocycles. The lowest BCUT2D eigenvalue weighted by Gasteiger charge is -2.18. The van der Waals surface area contributed by atoms with E-state index >= 15 is 0 Å². The van der Waals surface area contributed by atoms with Crippen molar-refractivity contribution in [3.05, 3.63) is 30.0 Å². The number of hydrogen-bond donors (Lipinski definition) is 1. The monoisotopic (exact) mass is 215 g/mol. The van der Waals surface area contributed by atoms with Gasteiger partial charge in [-0.25, -0.2) is 9.97 Å². The van der Waals surface area contributed by atoms with Crippen molar-refractivity contribution in [2.75, 3.05) is 5.73 Å². The lowest BCUT2D eigenvalue weighted by Crippen LogP contribution is -2.09. The highest BCUT2D eigenvalue weighted by molar-refractivity contribution is 5.79. The van der Waals surface area contributed by atoms with Gasteiger partial charge in [0.05, 0.1) is 5.52 Å². The number of nitrogen functional groups attached to an aromatic ring is 1. The van der Waals surface area contributed by atoms with Crippen LogP contribution in [-0.4, -0.2) is 9.97 Å². The highest BCUT2D eigenvalue weighted by Gasteiger charge is 2.11. The van der Waals surface area contributed by atoms with E-state index in [0.29, 0.717) is 11.4 Å². The van der Waals surface area contributed by atoms with Gasteiger partial charge >= 0.3 is 0 Å². The molecule has 1 aromatic heterocycles. The second-order valence-electron chi connectivity index (χ2n) is 5.36. The molecule has 1 heterocycles. The van der Waals surface area contributed by atoms with Gasteiger partial charge in [-0.2, -0.15) is 0 Å². The van der Waals surface area contributed by atoms with Crippen LogP contribution in [0.1, 0.15) is 26.3 Å². The molecule has 3 heteroatoms. The van der Waals surface area contributed by atoms with Crippen molar-refractivity contribution in [3.63, 3.8) is 0 Å². The van der Waals surface area contributed by atoms with Crippen LogP contribution < -0.4 is 5.73 Å². The summed E-state index contributed by atoms with van der Waals surface area (Å²) in [6.07, 6.45) is 2.83. The van der Waals surface area contributed by atoms with Crippen molar-refractivity contribution in [2.45, 2.75) is 27.2 Å². The minimum atomic E-state index is 0.294. The Morgan fingerprint density at radius 3 is 2.69 bits per heavy atom. The summed E-state index contributed by atoms with van der Waals surface area (Å²) in [6, 6.07) is 6.26. The molecule has 0 bridgehead atoms. The molecule has 0 aliphatic rings. The summed E-state index contributed by atoms with van der Waals surface area (Å²) in [4.78, 5) is 8.19. The molecule has 84 valence electrons. The Labute approximate surface area is 95.7 Å². The minimum absolute atomic E-state index is 0.294. The fourth-order valence-corrected chi connectivity index (χ4v) is 1.82. The van der Waals surface area contributed by atoms with Crippen LogP contribution in [0.15, 0.2) is 24.4 Å². The van der Waals surface area contributed by atoms with Crippen LogP contribution in [0.25, 0.3) is 10.9 Å². The Morgan fingerprint density at radius 1 is 1.25 bits per heavy atom. The van der Waals surface area contributed by atoms with E-state index < -0.39 is 0 Å². The summed E-state index contributed by atoms with van der Waals surface area (Å²) >= 11 is 0. The maximum atomic E-state index is 5.54. The Hall–Kier alpha value is -1.64. The van der Waals surface area contributed by atoms with Gasteiger partial charge in [-0.1, -0.05) is 26.8 Å². The van der Waals surface area contributed by atoms with Gasteiger partial charge in [-0.05, 0) is 29.5 Å². The molecule has 0 saturated carbocycles. The Kier molecular flexibility index (Phi) is 2.54. The molecule has 0 atom stereocenters. The Morgan fingerprint density at radius 2 is 2.00 bits per heavy atom. The molecule has 0 amide bonds. The molecule has 2 aromatic rings. The lowest BCUT2D eigenvalue weighted by molar-refractivity contribution is 0.411. The molecule has 0 fully saturated rings. The molecular weight excluding hydrogens is 198 g/mol. The van der Waals surface area contributed by atoms with E-state index in [4.69, 9.17) is 5.73 Å². The largest absolute Gasteiger partial charge is 0.368 e. The van der Waals surface area contributed by atoms with Gasteiger partial charge in [0.1, 0.15) is 0 Å². The van der Waals surface area contributed by atoms with Crippen LogP contribution in [0.3, 0.4) is 0 Å². The van der Waals surface area contributed by atoms with Gasteiger partial charge in [0.2, 0.25) is 5.95 Å². The van der Waals surface area contributed by atoms with Gasteiger partial charge < -0.3 is 5.73 Å². The van der Waals surface area contributed by atoms with Crippen LogP contribution in [0.2, 0.25) is 0 Å². The topological polar surface area (TPSA) is 51.8 Å². The van der Waals surface area contributed by atoms with Gasteiger partial charge in [-0.3, -0.25) is 0 Å². The fraction of sp³-hybridized carbons (Fsp3) is 0.385. The number of rotatable bonds is 1. The van der Waals surface area contributed by atoms with Crippen molar-refractivity contribution in [1.29, 1.82) is 0 Å². The summed E-state index contributed by atoms with van der Waals surface area (Å²) in [5.41, 5.74) is 8.06. The van der Waals surface area contributed by atoms with E-state index in [0.717, 1.165) is 17.3 Å². The summed E-state index contributed by atoms with van der Waals surface area (Å²) in [6.45, 7) is 6.70. The van der Waals surface area contributed by atoms with Crippen molar-refractivity contribution in [3.8, 4) is 0 Å². The molecule has 0 aliphatic heterocycles. The number of benzene rings is 1. The van der Waals surface area contributed by atoms with Gasteiger partial charge in [0.25, 0.3) is 0 Å². The third kappa shape index (κ3) is 2.48. The first-order valence-corrected chi connectivity index (χ1v) is 5.45. The van der Waals surface area contributed by atoms with E-state index in [1.165, 1.54) is 5.56 Å². The smallest absolute Gasteiger partial charge is 0.220 e. The quantitative estimate of drug-likeness (QED) is 0.795. The number of fused-ring (bicyclic) bond motifs is 1. The normalized spacial score (nSPS) is 11.9. The molecule has 1 aromatic carbocycles. The lowest BCUT2D eigenvalue weighted by atomic mass is 9.88. The molecule has 0 unspecified atom stereocenters. The highest BCUT2D eigenvalue weighted by Crippen LogP contribution is 2.22. The summed E-state index contributed by atoms with van der Waals surface area (Å²) in [7, 11) is 0. The molecule has 16 heavy (non-hydrogen) atoms. The molecule has 0 aliphatic carbocycles. The number of aromatic nitrogens is 2. The molecule has 2 rings (SSSR count). The number of nitrogens with zero attached hydrogens (tertiary/aromatic N) is 2. The molecule has 3 nitrogen and oxygen atoms in total. The zero-order valence-corrected chi connectivity index (χ0v) is 9.99. The average Bonchev–Trinajstić information content (AvgIpc) is 2.16. The zero-order chi connectivity index (χ0) is 11.8. The summed E-state index contributed by atoms with van der Waals surface area (Å²) < 4.78 is 0. The van der Waals surface area contributed by atoms with Crippen LogP contribution in [-0.2, 0) is 6.42 Å². The van der Waals surface area contributed by atoms with E-state index in [9.17, 15) is 0 Å². The summed E-state index contributed by atoms with van der Waals surface area (Å²) in [5, 5.41) is 1.05. The van der Waals surface area contributed by atoms with Crippen LogP contribution in [0.4, 0.5) is 5.95 Å². The molecular formula is C13H17N3. The van der Waals surface area contributed by atoms with Crippen LogP contribution >= 0.6 is 0 Å². The predicted molar refractivity (Wildman–Crippen MR) is 67.1 cm³/mol. The second-order valence-corrected chi connectivity index (χ2v) is 5.36. The maximum Gasteiger partial charge on any atom is 0.220 e. The third-order valence-corrected chi connectivity index (χ3v) is 2.40. The van der Waals surface area contributed by atoms with Gasteiger partial charge in [-0.15, -0.1) is 0 Å². The van der Waals surface area contributed by atoms with Crippen LogP contribution in [0, 0.1) is 5.41 Å². The number of hydrogen-bond acceptors (Lipinski definition) is 3. The first-order valence-electron chi connectivity index (χ1n) is 5.45. The van der Waals surface area contributed by atoms with E-state index in [-0.39, 0.29) is 0 Å². The second kappa shape index (κ2) is 3.74. The van der Waals surface area contributed by atoms with Crippen molar-refractivity contribution >= 4 is 16.9 Å². The first kappa shape index (κ1) is 10.9. The van der Waals surface area contributed by atoms with E-state index in [1.54, 1.807) is 6.20 Å². The van der Waals surface area contributed by atoms with Crippen molar-refractivity contribution in [2.24, 2.45) is 5.41 Å². The minimum Gasteiger partial charge on any atom is -0.368 e. The van der Waals surface area contributed by atoms with Crippen LogP contribution in [0.5, 0.6) is 0 Å². The fourth-order valence-electron chi connectivity index (χ4n) is 1.82. The standard InChI is InChI=1S/C13H17N3/c1-13(2,3)7-9-4-5-11-10(6-9)8-15-12(14)16-11/h4-6,8H,7H2,1-3H3,(H2,14,15,16). The summed E-state index contributed by atoms with van der Waals surface area (Å²) in [5.74, 6) is 0.330. The number of anilines is 1.